The first kappa shape index (κ1) is 9.40. The maximum Gasteiger partial charge on any atom is 0.354 e. The Balaban J connectivity index is 2.35. The second-order valence-corrected chi connectivity index (χ2v) is 3.72. The molecular formula is C9H9ClN2O2. The van der Waals surface area contributed by atoms with Gasteiger partial charge in [-0.15, -0.1) is 0 Å². The van der Waals surface area contributed by atoms with Gasteiger partial charge in [-0.05, 0) is 30.5 Å². The number of carboxylic acid groups (broad SMARTS) is 1. The number of carboxylic acids is 1. The molecule has 0 amide bonds. The largest absolute Gasteiger partial charge is 0.477 e. The SMILES string of the molecule is O=C(O)c1cc(C2CCC2)nc(Cl)n1. The summed E-state index contributed by atoms with van der Waals surface area (Å²) in [7, 11) is 0. The first-order valence-electron chi connectivity index (χ1n) is 4.44. The van der Waals surface area contributed by atoms with Crippen LogP contribution in [-0.2, 0) is 0 Å². The number of carbonyl (C=O) groups is 1. The summed E-state index contributed by atoms with van der Waals surface area (Å²) in [6, 6.07) is 1.51. The van der Waals surface area contributed by atoms with Crippen molar-refractivity contribution in [2.75, 3.05) is 0 Å². The van der Waals surface area contributed by atoms with E-state index in [0.717, 1.165) is 18.5 Å². The first-order valence-corrected chi connectivity index (χ1v) is 4.82. The van der Waals surface area contributed by atoms with Crippen LogP contribution in [0.25, 0.3) is 0 Å². The molecule has 14 heavy (non-hydrogen) atoms. The maximum atomic E-state index is 10.7. The summed E-state index contributed by atoms with van der Waals surface area (Å²) < 4.78 is 0. The molecule has 1 aromatic rings. The Kier molecular flexibility index (Phi) is 2.37. The lowest BCUT2D eigenvalue weighted by Gasteiger charge is -2.24. The van der Waals surface area contributed by atoms with Gasteiger partial charge in [-0.2, -0.15) is 0 Å². The van der Waals surface area contributed by atoms with Gasteiger partial charge in [-0.3, -0.25) is 0 Å². The highest BCUT2D eigenvalue weighted by Crippen LogP contribution is 2.35. The highest BCUT2D eigenvalue weighted by Gasteiger charge is 2.22. The Morgan fingerprint density at radius 1 is 1.50 bits per heavy atom. The van der Waals surface area contributed by atoms with E-state index >= 15 is 0 Å². The Labute approximate surface area is 85.9 Å². The van der Waals surface area contributed by atoms with Crippen molar-refractivity contribution >= 4 is 17.6 Å². The van der Waals surface area contributed by atoms with Crippen LogP contribution in [0.4, 0.5) is 0 Å². The van der Waals surface area contributed by atoms with E-state index in [2.05, 4.69) is 9.97 Å². The van der Waals surface area contributed by atoms with Crippen molar-refractivity contribution in [2.24, 2.45) is 0 Å². The van der Waals surface area contributed by atoms with E-state index in [1.807, 2.05) is 0 Å². The summed E-state index contributed by atoms with van der Waals surface area (Å²) in [6.45, 7) is 0. The van der Waals surface area contributed by atoms with Crippen LogP contribution in [0.1, 0.15) is 41.4 Å². The lowest BCUT2D eigenvalue weighted by Crippen LogP contribution is -2.13. The minimum Gasteiger partial charge on any atom is -0.477 e. The van der Waals surface area contributed by atoms with Gasteiger partial charge < -0.3 is 5.11 Å². The summed E-state index contributed by atoms with van der Waals surface area (Å²) in [5, 5.41) is 8.78. The molecule has 0 aliphatic heterocycles. The molecule has 0 saturated heterocycles. The molecule has 0 radical (unpaired) electrons. The van der Waals surface area contributed by atoms with E-state index in [9.17, 15) is 4.79 Å². The normalized spacial score (nSPS) is 16.4. The topological polar surface area (TPSA) is 63.1 Å². The summed E-state index contributed by atoms with van der Waals surface area (Å²) in [5.74, 6) is -0.691. The van der Waals surface area contributed by atoms with Gasteiger partial charge in [0.2, 0.25) is 5.28 Å². The highest BCUT2D eigenvalue weighted by molar-refractivity contribution is 6.28. The van der Waals surface area contributed by atoms with E-state index in [4.69, 9.17) is 16.7 Å². The average molecular weight is 213 g/mol. The third kappa shape index (κ3) is 1.70. The van der Waals surface area contributed by atoms with Gasteiger partial charge in [0.15, 0.2) is 5.69 Å². The zero-order chi connectivity index (χ0) is 10.1. The van der Waals surface area contributed by atoms with Crippen LogP contribution in [0.5, 0.6) is 0 Å². The minimum absolute atomic E-state index is 0.0202. The molecule has 0 atom stereocenters. The quantitative estimate of drug-likeness (QED) is 0.763. The van der Waals surface area contributed by atoms with E-state index in [0.29, 0.717) is 5.92 Å². The summed E-state index contributed by atoms with van der Waals surface area (Å²) in [6.07, 6.45) is 3.30. The smallest absolute Gasteiger partial charge is 0.354 e. The molecule has 1 saturated carbocycles. The van der Waals surface area contributed by atoms with Crippen molar-refractivity contribution in [1.29, 1.82) is 0 Å². The van der Waals surface area contributed by atoms with Crippen LogP contribution in [0, 0.1) is 0 Å². The monoisotopic (exact) mass is 212 g/mol. The van der Waals surface area contributed by atoms with Gasteiger partial charge in [0.1, 0.15) is 0 Å². The fourth-order valence-corrected chi connectivity index (χ4v) is 1.65. The van der Waals surface area contributed by atoms with Crippen LogP contribution in [-0.4, -0.2) is 21.0 Å². The number of hydrogen-bond acceptors (Lipinski definition) is 3. The third-order valence-electron chi connectivity index (χ3n) is 2.46. The molecule has 74 valence electrons. The first-order chi connectivity index (χ1) is 6.66. The van der Waals surface area contributed by atoms with E-state index in [1.165, 1.54) is 12.5 Å². The molecule has 1 aliphatic rings. The van der Waals surface area contributed by atoms with Gasteiger partial charge in [-0.1, -0.05) is 6.42 Å². The van der Waals surface area contributed by atoms with Crippen molar-refractivity contribution in [1.82, 2.24) is 9.97 Å². The Morgan fingerprint density at radius 3 is 2.71 bits per heavy atom. The van der Waals surface area contributed by atoms with E-state index < -0.39 is 5.97 Å². The standard InChI is InChI=1S/C9H9ClN2O2/c10-9-11-6(5-2-1-3-5)4-7(12-9)8(13)14/h4-5H,1-3H2,(H,13,14). The van der Waals surface area contributed by atoms with Crippen molar-refractivity contribution in [3.05, 3.63) is 22.7 Å². The molecule has 2 rings (SSSR count). The molecule has 0 unspecified atom stereocenters. The average Bonchev–Trinajstić information content (AvgIpc) is 1.99. The number of hydrogen-bond donors (Lipinski definition) is 1. The second-order valence-electron chi connectivity index (χ2n) is 3.38. The predicted octanol–water partition coefficient (Wildman–Crippen LogP) is 2.10. The molecule has 0 bridgehead atoms. The molecule has 1 aromatic heterocycles. The fraction of sp³-hybridized carbons (Fsp3) is 0.444. The number of nitrogens with zero attached hydrogens (tertiary/aromatic N) is 2. The molecule has 5 heteroatoms. The van der Waals surface area contributed by atoms with Crippen molar-refractivity contribution in [3.63, 3.8) is 0 Å². The summed E-state index contributed by atoms with van der Waals surface area (Å²) in [4.78, 5) is 18.3. The zero-order valence-electron chi connectivity index (χ0n) is 7.40. The molecule has 4 nitrogen and oxygen atoms in total. The molecule has 1 heterocycles. The molecule has 1 fully saturated rings. The van der Waals surface area contributed by atoms with Crippen molar-refractivity contribution < 1.29 is 9.90 Å². The maximum absolute atomic E-state index is 10.7. The Hall–Kier alpha value is -1.16. The lowest BCUT2D eigenvalue weighted by atomic mass is 9.83. The Morgan fingerprint density at radius 2 is 2.21 bits per heavy atom. The molecule has 0 spiro atoms. The molecule has 1 aliphatic carbocycles. The fourth-order valence-electron chi connectivity index (χ4n) is 1.46. The van der Waals surface area contributed by atoms with Crippen LogP contribution in [0.2, 0.25) is 5.28 Å². The van der Waals surface area contributed by atoms with Crippen LogP contribution >= 0.6 is 11.6 Å². The number of rotatable bonds is 2. The van der Waals surface area contributed by atoms with E-state index in [1.54, 1.807) is 0 Å². The van der Waals surface area contributed by atoms with Crippen molar-refractivity contribution in [2.45, 2.75) is 25.2 Å². The lowest BCUT2D eigenvalue weighted by molar-refractivity contribution is 0.0690. The zero-order valence-corrected chi connectivity index (χ0v) is 8.16. The van der Waals surface area contributed by atoms with E-state index in [-0.39, 0.29) is 11.0 Å². The molecule has 1 N–H and O–H groups in total. The van der Waals surface area contributed by atoms with Crippen LogP contribution in [0.15, 0.2) is 6.07 Å². The molecular weight excluding hydrogens is 204 g/mol. The third-order valence-corrected chi connectivity index (χ3v) is 2.63. The van der Waals surface area contributed by atoms with Gasteiger partial charge in [-0.25, -0.2) is 14.8 Å². The number of halogens is 1. The number of aromatic nitrogens is 2. The second kappa shape index (κ2) is 3.53. The minimum atomic E-state index is -1.06. The van der Waals surface area contributed by atoms with Crippen molar-refractivity contribution in [3.8, 4) is 0 Å². The van der Waals surface area contributed by atoms with Gasteiger partial charge in [0.25, 0.3) is 0 Å². The van der Waals surface area contributed by atoms with Gasteiger partial charge >= 0.3 is 5.97 Å². The number of aromatic carboxylic acids is 1. The Bertz CT molecular complexity index is 377. The van der Waals surface area contributed by atoms with Crippen LogP contribution < -0.4 is 0 Å². The summed E-state index contributed by atoms with van der Waals surface area (Å²) in [5.41, 5.74) is 0.737. The van der Waals surface area contributed by atoms with Gasteiger partial charge in [0, 0.05) is 11.6 Å². The predicted molar refractivity (Wildman–Crippen MR) is 50.6 cm³/mol. The van der Waals surface area contributed by atoms with Gasteiger partial charge in [0.05, 0.1) is 0 Å². The highest BCUT2D eigenvalue weighted by atomic mass is 35.5. The molecule has 0 aromatic carbocycles. The summed E-state index contributed by atoms with van der Waals surface area (Å²) >= 11 is 5.63. The van der Waals surface area contributed by atoms with Crippen LogP contribution in [0.3, 0.4) is 0 Å².